The van der Waals surface area contributed by atoms with Gasteiger partial charge in [0.25, 0.3) is 0 Å². The number of hydrogen-bond acceptors (Lipinski definition) is 1. The molecule has 1 nitrogen and oxygen atoms in total. The fourth-order valence-electron chi connectivity index (χ4n) is 2.71. The van der Waals surface area contributed by atoms with Crippen molar-refractivity contribution in [3.8, 4) is 0 Å². The lowest BCUT2D eigenvalue weighted by molar-refractivity contribution is 0.184. The molecular weight excluding hydrogens is 172 g/mol. The number of rotatable bonds is 4. The van der Waals surface area contributed by atoms with Gasteiger partial charge < -0.3 is 5.11 Å². The highest BCUT2D eigenvalue weighted by Gasteiger charge is 2.37. The van der Waals surface area contributed by atoms with E-state index in [9.17, 15) is 0 Å². The van der Waals surface area contributed by atoms with Crippen LogP contribution in [0.4, 0.5) is 0 Å². The summed E-state index contributed by atoms with van der Waals surface area (Å²) in [4.78, 5) is 0. The summed E-state index contributed by atoms with van der Waals surface area (Å²) in [5.41, 5.74) is 1.91. The zero-order valence-corrected chi connectivity index (χ0v) is 10.0. The molecule has 0 radical (unpaired) electrons. The molecule has 0 aliphatic heterocycles. The summed E-state index contributed by atoms with van der Waals surface area (Å²) in [6.07, 6.45) is 5.73. The van der Waals surface area contributed by atoms with E-state index in [1.807, 2.05) is 0 Å². The molecule has 1 aliphatic carbocycles. The molecule has 0 aromatic rings. The van der Waals surface area contributed by atoms with Crippen LogP contribution in [0.3, 0.4) is 0 Å². The minimum absolute atomic E-state index is 0.337. The van der Waals surface area contributed by atoms with Gasteiger partial charge in [-0.05, 0) is 43.4 Å². The van der Waals surface area contributed by atoms with E-state index in [4.69, 9.17) is 5.11 Å². The molecular formula is C13H24O. The van der Waals surface area contributed by atoms with Crippen molar-refractivity contribution in [2.75, 3.05) is 6.61 Å². The van der Waals surface area contributed by atoms with Crippen LogP contribution >= 0.6 is 0 Å². The topological polar surface area (TPSA) is 20.2 Å². The smallest absolute Gasteiger partial charge is 0.0431 e. The average molecular weight is 196 g/mol. The molecule has 2 unspecified atom stereocenters. The molecule has 2 atom stereocenters. The predicted molar refractivity (Wildman–Crippen MR) is 61.1 cm³/mol. The van der Waals surface area contributed by atoms with Crippen molar-refractivity contribution < 1.29 is 5.11 Å². The normalized spacial score (nSPS) is 27.5. The molecule has 0 aromatic heterocycles. The van der Waals surface area contributed by atoms with E-state index in [0.717, 1.165) is 24.7 Å². The van der Waals surface area contributed by atoms with Gasteiger partial charge >= 0.3 is 0 Å². The van der Waals surface area contributed by atoms with Crippen molar-refractivity contribution in [2.45, 2.75) is 47.0 Å². The first-order valence-corrected chi connectivity index (χ1v) is 5.78. The Morgan fingerprint density at radius 2 is 2.21 bits per heavy atom. The first-order valence-electron chi connectivity index (χ1n) is 5.78. The van der Waals surface area contributed by atoms with E-state index in [0.29, 0.717) is 12.0 Å². The Bertz CT molecular complexity index is 215. The summed E-state index contributed by atoms with van der Waals surface area (Å²) in [6.45, 7) is 9.62. The van der Waals surface area contributed by atoms with E-state index >= 15 is 0 Å². The molecule has 0 amide bonds. The summed E-state index contributed by atoms with van der Waals surface area (Å²) < 4.78 is 0. The van der Waals surface area contributed by atoms with Gasteiger partial charge in [-0.25, -0.2) is 0 Å². The van der Waals surface area contributed by atoms with Gasteiger partial charge in [-0.15, -0.1) is 0 Å². The molecule has 1 aliphatic rings. The Kier molecular flexibility index (Phi) is 3.77. The Morgan fingerprint density at radius 1 is 1.57 bits per heavy atom. The van der Waals surface area contributed by atoms with Crippen LogP contribution in [0.2, 0.25) is 0 Å². The quantitative estimate of drug-likeness (QED) is 0.683. The molecule has 0 saturated heterocycles. The number of hydrogen-bond donors (Lipinski definition) is 1. The molecule has 0 saturated carbocycles. The molecule has 0 heterocycles. The second-order valence-corrected chi connectivity index (χ2v) is 5.29. The fraction of sp³-hybridized carbons (Fsp3) is 0.846. The van der Waals surface area contributed by atoms with Crippen LogP contribution in [-0.4, -0.2) is 11.7 Å². The summed E-state index contributed by atoms with van der Waals surface area (Å²) in [6, 6.07) is 0. The zero-order chi connectivity index (χ0) is 10.8. The molecule has 0 spiro atoms. The molecule has 1 heteroatoms. The van der Waals surface area contributed by atoms with Crippen LogP contribution in [0.1, 0.15) is 47.0 Å². The zero-order valence-electron chi connectivity index (χ0n) is 10.0. The SMILES string of the molecule is CC1=CCC(C(C)CCCO)C1(C)C. The van der Waals surface area contributed by atoms with Crippen LogP contribution in [0.5, 0.6) is 0 Å². The van der Waals surface area contributed by atoms with Gasteiger partial charge in [-0.2, -0.15) is 0 Å². The van der Waals surface area contributed by atoms with Crippen LogP contribution in [0, 0.1) is 17.3 Å². The second kappa shape index (κ2) is 4.48. The van der Waals surface area contributed by atoms with Gasteiger partial charge in [-0.3, -0.25) is 0 Å². The molecule has 1 rings (SSSR count). The van der Waals surface area contributed by atoms with Gasteiger partial charge in [0.15, 0.2) is 0 Å². The van der Waals surface area contributed by atoms with Crippen molar-refractivity contribution in [3.63, 3.8) is 0 Å². The Morgan fingerprint density at radius 3 is 2.64 bits per heavy atom. The van der Waals surface area contributed by atoms with Crippen LogP contribution in [0.25, 0.3) is 0 Å². The molecule has 14 heavy (non-hydrogen) atoms. The van der Waals surface area contributed by atoms with Gasteiger partial charge in [0.05, 0.1) is 0 Å². The van der Waals surface area contributed by atoms with E-state index in [1.54, 1.807) is 5.57 Å². The Labute approximate surface area is 88.2 Å². The standard InChI is InChI=1S/C13H24O/c1-10(6-5-9-14)12-8-7-11(2)13(12,3)4/h7,10,12,14H,5-6,8-9H2,1-4H3. The summed E-state index contributed by atoms with van der Waals surface area (Å²) in [5.74, 6) is 1.50. The minimum Gasteiger partial charge on any atom is -0.396 e. The maximum atomic E-state index is 8.83. The van der Waals surface area contributed by atoms with Crippen LogP contribution in [-0.2, 0) is 0 Å². The third kappa shape index (κ3) is 2.20. The summed E-state index contributed by atoms with van der Waals surface area (Å²) >= 11 is 0. The van der Waals surface area contributed by atoms with Crippen molar-refractivity contribution in [1.29, 1.82) is 0 Å². The highest BCUT2D eigenvalue weighted by Crippen LogP contribution is 2.47. The minimum atomic E-state index is 0.337. The van der Waals surface area contributed by atoms with Gasteiger partial charge in [0, 0.05) is 6.61 Å². The van der Waals surface area contributed by atoms with E-state index in [1.165, 1.54) is 6.42 Å². The van der Waals surface area contributed by atoms with Crippen LogP contribution in [0.15, 0.2) is 11.6 Å². The number of aliphatic hydroxyl groups excluding tert-OH is 1. The number of aliphatic hydroxyl groups is 1. The third-order valence-corrected chi connectivity index (χ3v) is 4.13. The second-order valence-electron chi connectivity index (χ2n) is 5.29. The van der Waals surface area contributed by atoms with Crippen molar-refractivity contribution in [3.05, 3.63) is 11.6 Å². The maximum absolute atomic E-state index is 8.83. The third-order valence-electron chi connectivity index (χ3n) is 4.13. The maximum Gasteiger partial charge on any atom is 0.0431 e. The van der Waals surface area contributed by atoms with Gasteiger partial charge in [0.1, 0.15) is 0 Å². The van der Waals surface area contributed by atoms with Crippen molar-refractivity contribution in [2.24, 2.45) is 17.3 Å². The van der Waals surface area contributed by atoms with Gasteiger partial charge in [0.2, 0.25) is 0 Å². The summed E-state index contributed by atoms with van der Waals surface area (Å²) in [7, 11) is 0. The molecule has 0 fully saturated rings. The average Bonchev–Trinajstić information content (AvgIpc) is 2.38. The van der Waals surface area contributed by atoms with Crippen molar-refractivity contribution >= 4 is 0 Å². The van der Waals surface area contributed by atoms with E-state index in [-0.39, 0.29) is 0 Å². The van der Waals surface area contributed by atoms with Gasteiger partial charge in [-0.1, -0.05) is 32.4 Å². The van der Waals surface area contributed by atoms with E-state index in [2.05, 4.69) is 33.8 Å². The van der Waals surface area contributed by atoms with E-state index < -0.39 is 0 Å². The van der Waals surface area contributed by atoms with Crippen molar-refractivity contribution in [1.82, 2.24) is 0 Å². The Hall–Kier alpha value is -0.300. The number of allylic oxidation sites excluding steroid dienone is 2. The highest BCUT2D eigenvalue weighted by molar-refractivity contribution is 5.18. The lowest BCUT2D eigenvalue weighted by atomic mass is 9.71. The van der Waals surface area contributed by atoms with Crippen LogP contribution < -0.4 is 0 Å². The first-order chi connectivity index (χ1) is 6.50. The lowest BCUT2D eigenvalue weighted by Gasteiger charge is -2.34. The predicted octanol–water partition coefficient (Wildman–Crippen LogP) is 3.39. The largest absolute Gasteiger partial charge is 0.396 e. The molecule has 0 aromatic carbocycles. The molecule has 1 N–H and O–H groups in total. The molecule has 0 bridgehead atoms. The Balaban J connectivity index is 2.54. The molecule has 82 valence electrons. The first kappa shape index (κ1) is 11.8. The monoisotopic (exact) mass is 196 g/mol. The highest BCUT2D eigenvalue weighted by atomic mass is 16.2. The fourth-order valence-corrected chi connectivity index (χ4v) is 2.71. The lowest BCUT2D eigenvalue weighted by Crippen LogP contribution is -2.26. The summed E-state index contributed by atoms with van der Waals surface area (Å²) in [5, 5.41) is 8.83.